The number of aliphatic hydroxyl groups excluding tert-OH is 1. The van der Waals surface area contributed by atoms with Crippen LogP contribution in [0.25, 0.3) is 0 Å². The van der Waals surface area contributed by atoms with Crippen molar-refractivity contribution in [3.63, 3.8) is 0 Å². The van der Waals surface area contributed by atoms with Crippen LogP contribution in [0.3, 0.4) is 0 Å². The molecule has 0 bridgehead atoms. The largest absolute Gasteiger partial charge is 0.762 e. The molecule has 0 saturated carbocycles. The first-order chi connectivity index (χ1) is 3.13. The third-order valence-electron chi connectivity index (χ3n) is 0.301. The van der Waals surface area contributed by atoms with Gasteiger partial charge in [-0.1, -0.05) is 0 Å². The molecule has 0 amide bonds. The van der Waals surface area contributed by atoms with E-state index in [1.165, 1.54) is 6.92 Å². The smallest absolute Gasteiger partial charge is 0.170 e. The number of rotatable bonds is 2. The van der Waals surface area contributed by atoms with Crippen molar-refractivity contribution < 1.29 is 9.94 Å². The molecular weight excluding hydrogens is 98.0 g/mol. The lowest BCUT2D eigenvalue weighted by Crippen LogP contribution is -2.17. The maximum Gasteiger partial charge on any atom is 0.170 e. The van der Waals surface area contributed by atoms with Gasteiger partial charge in [-0.05, 0) is 14.0 Å². The Morgan fingerprint density at radius 1 is 1.86 bits per heavy atom. The first kappa shape index (κ1) is 6.84. The number of aliphatic hydroxyl groups is 1. The summed E-state index contributed by atoms with van der Waals surface area (Å²) in [5.41, 5.74) is 0. The van der Waals surface area contributed by atoms with Crippen LogP contribution in [0.15, 0.2) is 0 Å². The molecule has 1 N–H and O–H groups in total. The van der Waals surface area contributed by atoms with Gasteiger partial charge >= 0.3 is 0 Å². The van der Waals surface area contributed by atoms with Crippen LogP contribution in [0.5, 0.6) is 0 Å². The molecule has 0 aromatic carbocycles. The monoisotopic (exact) mass is 106 g/mol. The lowest BCUT2D eigenvalue weighted by Gasteiger charge is -2.22. The first-order valence-corrected chi connectivity index (χ1v) is 1.88. The van der Waals surface area contributed by atoms with E-state index in [-0.39, 0.29) is 5.23 Å². The van der Waals surface area contributed by atoms with E-state index in [0.29, 0.717) is 0 Å². The predicted molar refractivity (Wildman–Crippen MR) is 23.9 cm³/mol. The van der Waals surface area contributed by atoms with Gasteiger partial charge in [0.15, 0.2) is 6.29 Å². The Balaban J connectivity index is 2.95. The summed E-state index contributed by atoms with van der Waals surface area (Å²) in [5.74, 6) is 0. The van der Waals surface area contributed by atoms with Gasteiger partial charge in [0.1, 0.15) is 0 Å². The number of hydrogen-bond acceptors (Lipinski definition) is 4. The van der Waals surface area contributed by atoms with Crippen molar-refractivity contribution in [1.82, 2.24) is 5.23 Å². The molecule has 1 atom stereocenters. The van der Waals surface area contributed by atoms with Crippen LogP contribution in [0.4, 0.5) is 0 Å². The Labute approximate surface area is 41.8 Å². The van der Waals surface area contributed by atoms with E-state index in [1.54, 1.807) is 0 Å². The summed E-state index contributed by atoms with van der Waals surface area (Å²) in [6.07, 6.45) is -1.01. The zero-order valence-corrected chi connectivity index (χ0v) is 4.29. The Morgan fingerprint density at radius 2 is 2.29 bits per heavy atom. The Hall–Kier alpha value is -0.160. The van der Waals surface area contributed by atoms with Gasteiger partial charge in [0.25, 0.3) is 0 Å². The number of nitrogens with zero attached hydrogens (tertiary/aromatic N) is 1. The van der Waals surface area contributed by atoms with E-state index >= 15 is 0 Å². The fourth-order valence-electron chi connectivity index (χ4n) is 0.215. The van der Waals surface area contributed by atoms with Crippen LogP contribution in [0, 0.1) is 5.21 Å². The van der Waals surface area contributed by atoms with Gasteiger partial charge < -0.3 is 10.3 Å². The van der Waals surface area contributed by atoms with Crippen LogP contribution in [0.2, 0.25) is 0 Å². The summed E-state index contributed by atoms with van der Waals surface area (Å²) in [7, 11) is 1.16. The van der Waals surface area contributed by atoms with Gasteiger partial charge in [-0.3, -0.25) is 10.1 Å². The molecule has 0 aromatic rings. The molecule has 0 spiro atoms. The maximum absolute atomic E-state index is 9.79. The van der Waals surface area contributed by atoms with Crippen molar-refractivity contribution in [2.45, 2.75) is 13.2 Å². The highest BCUT2D eigenvalue weighted by atomic mass is 16.9. The number of hydrogen-bond donors (Lipinski definition) is 1. The minimum atomic E-state index is -1.01. The lowest BCUT2D eigenvalue weighted by atomic mass is 10.8. The van der Waals surface area contributed by atoms with Crippen molar-refractivity contribution in [3.05, 3.63) is 5.21 Å². The van der Waals surface area contributed by atoms with Crippen molar-refractivity contribution >= 4 is 0 Å². The predicted octanol–water partition coefficient (Wildman–Crippen LogP) is -0.314. The first-order valence-electron chi connectivity index (χ1n) is 1.88. The molecular formula is C3H8NO3-. The molecule has 1 unspecified atom stereocenters. The van der Waals surface area contributed by atoms with E-state index in [1.807, 2.05) is 0 Å². The Bertz CT molecular complexity index is 39.4. The zero-order valence-electron chi connectivity index (χ0n) is 4.29. The van der Waals surface area contributed by atoms with Gasteiger partial charge in [0, 0.05) is 0 Å². The molecule has 0 fully saturated rings. The molecule has 0 rings (SSSR count). The van der Waals surface area contributed by atoms with Crippen LogP contribution in [-0.2, 0) is 4.84 Å². The molecule has 0 aliphatic heterocycles. The van der Waals surface area contributed by atoms with Crippen LogP contribution in [0.1, 0.15) is 6.92 Å². The molecule has 44 valence electrons. The van der Waals surface area contributed by atoms with Gasteiger partial charge in [0.2, 0.25) is 0 Å². The molecule has 0 heterocycles. The van der Waals surface area contributed by atoms with E-state index in [2.05, 4.69) is 4.84 Å². The Morgan fingerprint density at radius 3 is 2.29 bits per heavy atom. The van der Waals surface area contributed by atoms with Gasteiger partial charge in [0.05, 0.1) is 0 Å². The summed E-state index contributed by atoms with van der Waals surface area (Å²) >= 11 is 0. The summed E-state index contributed by atoms with van der Waals surface area (Å²) in [4.78, 5) is 4.08. The summed E-state index contributed by atoms with van der Waals surface area (Å²) in [6, 6.07) is 0. The molecule has 7 heavy (non-hydrogen) atoms. The highest BCUT2D eigenvalue weighted by Crippen LogP contribution is 1.84. The second-order valence-electron chi connectivity index (χ2n) is 1.14. The molecule has 4 nitrogen and oxygen atoms in total. The molecule has 0 aliphatic rings. The van der Waals surface area contributed by atoms with Crippen molar-refractivity contribution in [2.75, 3.05) is 7.05 Å². The fourth-order valence-corrected chi connectivity index (χ4v) is 0.215. The van der Waals surface area contributed by atoms with E-state index in [0.717, 1.165) is 7.05 Å². The zero-order chi connectivity index (χ0) is 5.86. The van der Waals surface area contributed by atoms with Crippen molar-refractivity contribution in [3.8, 4) is 0 Å². The molecule has 0 aliphatic carbocycles. The van der Waals surface area contributed by atoms with E-state index in [4.69, 9.17) is 5.11 Å². The average Bonchev–Trinajstić information content (AvgIpc) is 1.27. The van der Waals surface area contributed by atoms with Crippen LogP contribution in [-0.4, -0.2) is 23.7 Å². The molecule has 0 radical (unpaired) electrons. The van der Waals surface area contributed by atoms with Gasteiger partial charge in [-0.2, -0.15) is 0 Å². The quantitative estimate of drug-likeness (QED) is 0.387. The van der Waals surface area contributed by atoms with Crippen molar-refractivity contribution in [2.24, 2.45) is 0 Å². The summed E-state index contributed by atoms with van der Waals surface area (Å²) in [6.45, 7) is 1.36. The standard InChI is InChI=1S/C3H8NO3/c1-3(5)7-4(2)6/h3,5H,1-2H3/q-1. The normalized spacial score (nSPS) is 15.0. The summed E-state index contributed by atoms with van der Waals surface area (Å²) < 4.78 is 0. The SMILES string of the molecule is CC(O)ON(C)[O-]. The minimum Gasteiger partial charge on any atom is -0.762 e. The lowest BCUT2D eigenvalue weighted by molar-refractivity contribution is -0.220. The van der Waals surface area contributed by atoms with Gasteiger partial charge in [-0.15, -0.1) is 0 Å². The maximum atomic E-state index is 9.79. The Kier molecular flexibility index (Phi) is 2.86. The third kappa shape index (κ3) is 5.84. The molecule has 4 heteroatoms. The van der Waals surface area contributed by atoms with E-state index in [9.17, 15) is 5.21 Å². The molecule has 0 aromatic heterocycles. The van der Waals surface area contributed by atoms with Crippen LogP contribution < -0.4 is 0 Å². The highest BCUT2D eigenvalue weighted by molar-refractivity contribution is 4.25. The van der Waals surface area contributed by atoms with Crippen LogP contribution >= 0.6 is 0 Å². The van der Waals surface area contributed by atoms with Gasteiger partial charge in [-0.25, -0.2) is 0 Å². The second kappa shape index (κ2) is 2.92. The topological polar surface area (TPSA) is 55.8 Å². The molecule has 0 saturated heterocycles. The second-order valence-corrected chi connectivity index (χ2v) is 1.14. The average molecular weight is 106 g/mol. The number of hydroxylamine groups is 2. The van der Waals surface area contributed by atoms with Crippen molar-refractivity contribution in [1.29, 1.82) is 0 Å². The summed E-state index contributed by atoms with van der Waals surface area (Å²) in [5, 5.41) is 18.2. The van der Waals surface area contributed by atoms with E-state index < -0.39 is 6.29 Å². The third-order valence-corrected chi connectivity index (χ3v) is 0.301. The minimum absolute atomic E-state index is 0.199. The fraction of sp³-hybridized carbons (Fsp3) is 1.00. The highest BCUT2D eigenvalue weighted by Gasteiger charge is 1.88.